The standard InChI is InChI=1S/C12H12N2O2/c1-12(5-6-12)11-13-10(16-14-11)8-3-2-4-9(15)7-8/h2-4,7,15H,5-6H2,1H3. The van der Waals surface area contributed by atoms with Gasteiger partial charge in [0, 0.05) is 11.0 Å². The molecule has 1 N–H and O–H groups in total. The zero-order chi connectivity index (χ0) is 11.2. The van der Waals surface area contributed by atoms with Gasteiger partial charge < -0.3 is 9.63 Å². The monoisotopic (exact) mass is 216 g/mol. The van der Waals surface area contributed by atoms with Crippen molar-refractivity contribution >= 4 is 0 Å². The van der Waals surface area contributed by atoms with E-state index >= 15 is 0 Å². The zero-order valence-electron chi connectivity index (χ0n) is 8.97. The number of benzene rings is 1. The summed E-state index contributed by atoms with van der Waals surface area (Å²) in [6.07, 6.45) is 2.23. The third-order valence-electron chi connectivity index (χ3n) is 3.06. The van der Waals surface area contributed by atoms with Gasteiger partial charge in [-0.2, -0.15) is 4.98 Å². The molecule has 4 nitrogen and oxygen atoms in total. The average Bonchev–Trinajstić information content (AvgIpc) is 2.83. The Balaban J connectivity index is 1.98. The second-order valence-electron chi connectivity index (χ2n) is 4.53. The summed E-state index contributed by atoms with van der Waals surface area (Å²) in [5, 5.41) is 13.4. The molecule has 2 aromatic rings. The van der Waals surface area contributed by atoms with Gasteiger partial charge in [0.05, 0.1) is 0 Å². The van der Waals surface area contributed by atoms with Crippen molar-refractivity contribution in [1.82, 2.24) is 10.1 Å². The highest BCUT2D eigenvalue weighted by molar-refractivity contribution is 5.55. The van der Waals surface area contributed by atoms with E-state index in [1.54, 1.807) is 18.2 Å². The van der Waals surface area contributed by atoms with E-state index in [0.29, 0.717) is 5.89 Å². The van der Waals surface area contributed by atoms with E-state index in [4.69, 9.17) is 4.52 Å². The van der Waals surface area contributed by atoms with E-state index in [1.807, 2.05) is 6.07 Å². The van der Waals surface area contributed by atoms with Crippen LogP contribution in [-0.4, -0.2) is 15.2 Å². The Kier molecular flexibility index (Phi) is 1.80. The van der Waals surface area contributed by atoms with Gasteiger partial charge in [0.2, 0.25) is 0 Å². The highest BCUT2D eigenvalue weighted by atomic mass is 16.5. The molecule has 16 heavy (non-hydrogen) atoms. The van der Waals surface area contributed by atoms with Crippen molar-refractivity contribution in [1.29, 1.82) is 0 Å². The van der Waals surface area contributed by atoms with Crippen LogP contribution in [0.2, 0.25) is 0 Å². The Hall–Kier alpha value is -1.84. The summed E-state index contributed by atoms with van der Waals surface area (Å²) < 4.78 is 5.20. The van der Waals surface area contributed by atoms with Crippen LogP contribution in [0.4, 0.5) is 0 Å². The van der Waals surface area contributed by atoms with Gasteiger partial charge in [0.1, 0.15) is 5.75 Å². The Morgan fingerprint density at radius 3 is 2.88 bits per heavy atom. The molecule has 1 heterocycles. The van der Waals surface area contributed by atoms with E-state index in [2.05, 4.69) is 17.1 Å². The maximum absolute atomic E-state index is 9.36. The average molecular weight is 216 g/mol. The molecule has 1 aromatic heterocycles. The van der Waals surface area contributed by atoms with Gasteiger partial charge in [0.15, 0.2) is 5.82 Å². The molecule has 82 valence electrons. The molecule has 0 amide bonds. The molecule has 0 saturated heterocycles. The predicted octanol–water partition coefficient (Wildman–Crippen LogP) is 2.49. The number of aromatic hydroxyl groups is 1. The highest BCUT2D eigenvalue weighted by Crippen LogP contribution is 2.46. The molecule has 0 atom stereocenters. The largest absolute Gasteiger partial charge is 0.508 e. The highest BCUT2D eigenvalue weighted by Gasteiger charge is 2.43. The maximum atomic E-state index is 9.36. The number of nitrogens with zero attached hydrogens (tertiary/aromatic N) is 2. The molecule has 0 aliphatic heterocycles. The first-order chi connectivity index (χ1) is 7.67. The lowest BCUT2D eigenvalue weighted by atomic mass is 10.1. The van der Waals surface area contributed by atoms with E-state index in [0.717, 1.165) is 24.2 Å². The number of aromatic nitrogens is 2. The fourth-order valence-corrected chi connectivity index (χ4v) is 1.64. The summed E-state index contributed by atoms with van der Waals surface area (Å²) in [5.74, 6) is 1.44. The molecular weight excluding hydrogens is 204 g/mol. The number of phenolic OH excluding ortho intramolecular Hbond substituents is 1. The third-order valence-corrected chi connectivity index (χ3v) is 3.06. The molecular formula is C12H12N2O2. The van der Waals surface area contributed by atoms with Crippen LogP contribution in [-0.2, 0) is 5.41 Å². The summed E-state index contributed by atoms with van der Waals surface area (Å²) in [7, 11) is 0. The number of hydrogen-bond acceptors (Lipinski definition) is 4. The number of hydrogen-bond donors (Lipinski definition) is 1. The third kappa shape index (κ3) is 1.46. The van der Waals surface area contributed by atoms with Crippen molar-refractivity contribution in [2.75, 3.05) is 0 Å². The van der Waals surface area contributed by atoms with Crippen LogP contribution in [0, 0.1) is 0 Å². The van der Waals surface area contributed by atoms with E-state index in [1.165, 1.54) is 0 Å². The Bertz CT molecular complexity index is 529. The summed E-state index contributed by atoms with van der Waals surface area (Å²) in [6, 6.07) is 6.83. The van der Waals surface area contributed by atoms with Gasteiger partial charge in [0.25, 0.3) is 5.89 Å². The van der Waals surface area contributed by atoms with Crippen molar-refractivity contribution in [2.24, 2.45) is 0 Å². The SMILES string of the molecule is CC1(c2noc(-c3cccc(O)c3)n2)CC1. The van der Waals surface area contributed by atoms with Crippen LogP contribution >= 0.6 is 0 Å². The fraction of sp³-hybridized carbons (Fsp3) is 0.333. The second kappa shape index (κ2) is 3.07. The number of phenols is 1. The molecule has 0 unspecified atom stereocenters. The van der Waals surface area contributed by atoms with Crippen LogP contribution in [0.15, 0.2) is 28.8 Å². The van der Waals surface area contributed by atoms with Gasteiger partial charge in [-0.1, -0.05) is 18.1 Å². The van der Waals surface area contributed by atoms with Crippen LogP contribution < -0.4 is 0 Å². The maximum Gasteiger partial charge on any atom is 0.258 e. The molecule has 1 aliphatic rings. The molecule has 3 rings (SSSR count). The van der Waals surface area contributed by atoms with Gasteiger partial charge in [-0.15, -0.1) is 0 Å². The van der Waals surface area contributed by atoms with E-state index in [-0.39, 0.29) is 11.2 Å². The topological polar surface area (TPSA) is 59.2 Å². The van der Waals surface area contributed by atoms with Crippen molar-refractivity contribution < 1.29 is 9.63 Å². The predicted molar refractivity (Wildman–Crippen MR) is 58.0 cm³/mol. The molecule has 1 aliphatic carbocycles. The van der Waals surface area contributed by atoms with Crippen LogP contribution in [0.25, 0.3) is 11.5 Å². The van der Waals surface area contributed by atoms with Crippen LogP contribution in [0.3, 0.4) is 0 Å². The van der Waals surface area contributed by atoms with Gasteiger partial charge in [-0.3, -0.25) is 0 Å². The Labute approximate surface area is 92.9 Å². The van der Waals surface area contributed by atoms with Crippen molar-refractivity contribution in [3.63, 3.8) is 0 Å². The summed E-state index contributed by atoms with van der Waals surface area (Å²) in [4.78, 5) is 4.37. The van der Waals surface area contributed by atoms with Gasteiger partial charge in [-0.25, -0.2) is 0 Å². The fourth-order valence-electron chi connectivity index (χ4n) is 1.64. The normalized spacial score (nSPS) is 17.3. The first kappa shape index (κ1) is 9.39. The lowest BCUT2D eigenvalue weighted by Crippen LogP contribution is -2.01. The molecule has 0 bridgehead atoms. The Morgan fingerprint density at radius 1 is 1.38 bits per heavy atom. The summed E-state index contributed by atoms with van der Waals surface area (Å²) in [5.41, 5.74) is 0.862. The summed E-state index contributed by atoms with van der Waals surface area (Å²) >= 11 is 0. The zero-order valence-corrected chi connectivity index (χ0v) is 8.97. The molecule has 4 heteroatoms. The molecule has 1 fully saturated rings. The molecule has 1 aromatic carbocycles. The second-order valence-corrected chi connectivity index (χ2v) is 4.53. The van der Waals surface area contributed by atoms with Gasteiger partial charge >= 0.3 is 0 Å². The quantitative estimate of drug-likeness (QED) is 0.837. The minimum absolute atomic E-state index is 0.110. The lowest BCUT2D eigenvalue weighted by molar-refractivity contribution is 0.415. The van der Waals surface area contributed by atoms with Crippen LogP contribution in [0.5, 0.6) is 5.75 Å². The van der Waals surface area contributed by atoms with Gasteiger partial charge in [-0.05, 0) is 31.0 Å². The minimum Gasteiger partial charge on any atom is -0.508 e. The summed E-state index contributed by atoms with van der Waals surface area (Å²) in [6.45, 7) is 2.13. The molecule has 0 spiro atoms. The van der Waals surface area contributed by atoms with Crippen LogP contribution in [0.1, 0.15) is 25.6 Å². The minimum atomic E-state index is 0.110. The van der Waals surface area contributed by atoms with E-state index < -0.39 is 0 Å². The smallest absolute Gasteiger partial charge is 0.258 e. The first-order valence-electron chi connectivity index (χ1n) is 5.31. The van der Waals surface area contributed by atoms with E-state index in [9.17, 15) is 5.11 Å². The van der Waals surface area contributed by atoms with Crippen molar-refractivity contribution in [3.8, 4) is 17.2 Å². The van der Waals surface area contributed by atoms with Crippen molar-refractivity contribution in [2.45, 2.75) is 25.2 Å². The number of rotatable bonds is 2. The first-order valence-corrected chi connectivity index (χ1v) is 5.31. The molecule has 0 radical (unpaired) electrons. The Morgan fingerprint density at radius 2 is 2.19 bits per heavy atom. The van der Waals surface area contributed by atoms with Crippen molar-refractivity contribution in [3.05, 3.63) is 30.1 Å². The molecule has 1 saturated carbocycles. The lowest BCUT2D eigenvalue weighted by Gasteiger charge is -1.97.